The number of thiophene rings is 1. The van der Waals surface area contributed by atoms with Gasteiger partial charge >= 0.3 is 0 Å². The first-order valence-electron chi connectivity index (χ1n) is 9.87. The zero-order chi connectivity index (χ0) is 21.5. The van der Waals surface area contributed by atoms with Crippen molar-refractivity contribution in [3.63, 3.8) is 0 Å². The van der Waals surface area contributed by atoms with E-state index in [1.807, 2.05) is 73.8 Å². The van der Waals surface area contributed by atoms with Crippen LogP contribution in [0.2, 0.25) is 0 Å². The Hall–Kier alpha value is -2.96. The van der Waals surface area contributed by atoms with E-state index < -0.39 is 0 Å². The zero-order valence-corrected chi connectivity index (χ0v) is 18.3. The maximum Gasteiger partial charge on any atom is 0.243 e. The van der Waals surface area contributed by atoms with Gasteiger partial charge in [-0.25, -0.2) is 0 Å². The highest BCUT2D eigenvalue weighted by molar-refractivity contribution is 7.10. The lowest BCUT2D eigenvalue weighted by atomic mass is 10.1. The Morgan fingerprint density at radius 3 is 2.50 bits per heavy atom. The van der Waals surface area contributed by atoms with Gasteiger partial charge in [0.1, 0.15) is 0 Å². The highest BCUT2D eigenvalue weighted by atomic mass is 32.1. The van der Waals surface area contributed by atoms with Crippen molar-refractivity contribution < 1.29 is 9.59 Å². The molecule has 2 N–H and O–H groups in total. The fraction of sp³-hybridized carbons (Fsp3) is 0.250. The summed E-state index contributed by atoms with van der Waals surface area (Å²) in [5.41, 5.74) is 3.94. The van der Waals surface area contributed by atoms with E-state index >= 15 is 0 Å². The van der Waals surface area contributed by atoms with Crippen LogP contribution in [0.15, 0.2) is 66.0 Å². The minimum Gasteiger partial charge on any atom is -0.335 e. The third-order valence-corrected chi connectivity index (χ3v) is 5.83. The van der Waals surface area contributed by atoms with Crippen LogP contribution in [-0.2, 0) is 9.59 Å². The van der Waals surface area contributed by atoms with E-state index in [1.165, 1.54) is 4.90 Å². The number of nitrogens with zero attached hydrogens (tertiary/aromatic N) is 1. The predicted molar refractivity (Wildman–Crippen MR) is 123 cm³/mol. The molecule has 0 aliphatic carbocycles. The van der Waals surface area contributed by atoms with E-state index in [0.717, 1.165) is 27.3 Å². The van der Waals surface area contributed by atoms with E-state index in [4.69, 9.17) is 0 Å². The molecule has 5 nitrogen and oxygen atoms in total. The number of benzene rings is 2. The number of amides is 2. The van der Waals surface area contributed by atoms with E-state index in [9.17, 15) is 9.59 Å². The molecule has 3 rings (SSSR count). The number of nitrogens with one attached hydrogen (secondary N) is 2. The molecule has 0 saturated carbocycles. The molecule has 0 radical (unpaired) electrons. The molecular formula is C24H27N3O2S. The van der Waals surface area contributed by atoms with Gasteiger partial charge in [0.15, 0.2) is 0 Å². The van der Waals surface area contributed by atoms with E-state index in [0.29, 0.717) is 0 Å². The lowest BCUT2D eigenvalue weighted by Gasteiger charge is -2.21. The molecule has 1 aromatic heterocycles. The van der Waals surface area contributed by atoms with Crippen LogP contribution < -0.4 is 10.6 Å². The monoisotopic (exact) mass is 421 g/mol. The number of likely N-dealkylation sites (N-methyl/N-ethyl adjacent to an activating group) is 1. The normalized spacial score (nSPS) is 11.7. The molecule has 1 atom stereocenters. The third-order valence-electron chi connectivity index (χ3n) is 4.89. The number of hydrogen-bond acceptors (Lipinski definition) is 4. The molecule has 1 heterocycles. The van der Waals surface area contributed by atoms with Crippen molar-refractivity contribution in [2.24, 2.45) is 0 Å². The summed E-state index contributed by atoms with van der Waals surface area (Å²) in [6.07, 6.45) is 0. The fourth-order valence-corrected chi connectivity index (χ4v) is 4.00. The quantitative estimate of drug-likeness (QED) is 0.575. The molecule has 0 fully saturated rings. The van der Waals surface area contributed by atoms with Crippen LogP contribution in [0.5, 0.6) is 0 Å². The average Bonchev–Trinajstić information content (AvgIpc) is 3.26. The second kappa shape index (κ2) is 10.2. The van der Waals surface area contributed by atoms with Crippen LogP contribution in [0.3, 0.4) is 0 Å². The average molecular weight is 422 g/mol. The number of carbonyl (C=O) groups excluding carboxylic acids is 2. The van der Waals surface area contributed by atoms with E-state index in [-0.39, 0.29) is 30.9 Å². The number of hydrogen-bond donors (Lipinski definition) is 2. The highest BCUT2D eigenvalue weighted by Crippen LogP contribution is 2.25. The summed E-state index contributed by atoms with van der Waals surface area (Å²) in [6, 6.07) is 19.9. The molecule has 0 spiro atoms. The molecule has 156 valence electrons. The Morgan fingerprint density at radius 1 is 1.03 bits per heavy atom. The minimum absolute atomic E-state index is 0.00288. The fourth-order valence-electron chi connectivity index (χ4n) is 3.17. The Balaban J connectivity index is 1.58. The summed E-state index contributed by atoms with van der Waals surface area (Å²) in [5.74, 6) is -0.346. The number of aryl methyl sites for hydroxylation is 2. The Kier molecular flexibility index (Phi) is 7.38. The summed E-state index contributed by atoms with van der Waals surface area (Å²) in [6.45, 7) is 4.07. The Labute approximate surface area is 181 Å². The first kappa shape index (κ1) is 21.7. The molecule has 0 unspecified atom stereocenters. The number of rotatable bonds is 8. The molecule has 6 heteroatoms. The summed E-state index contributed by atoms with van der Waals surface area (Å²) in [7, 11) is 1.65. The molecular weight excluding hydrogens is 394 g/mol. The maximum atomic E-state index is 12.6. The van der Waals surface area contributed by atoms with Gasteiger partial charge < -0.3 is 10.2 Å². The lowest BCUT2D eigenvalue weighted by Crippen LogP contribution is -2.41. The third kappa shape index (κ3) is 5.78. The van der Waals surface area contributed by atoms with Crippen LogP contribution in [0, 0.1) is 13.8 Å². The van der Waals surface area contributed by atoms with Gasteiger partial charge in [-0.2, -0.15) is 0 Å². The molecule has 0 bridgehead atoms. The summed E-state index contributed by atoms with van der Waals surface area (Å²) >= 11 is 1.65. The molecule has 0 saturated heterocycles. The molecule has 0 aliphatic heterocycles. The predicted octanol–water partition coefficient (Wildman–Crippen LogP) is 4.14. The summed E-state index contributed by atoms with van der Waals surface area (Å²) < 4.78 is 0. The van der Waals surface area contributed by atoms with Gasteiger partial charge in [0.25, 0.3) is 0 Å². The van der Waals surface area contributed by atoms with Crippen molar-refractivity contribution >= 4 is 28.8 Å². The molecule has 2 amide bonds. The van der Waals surface area contributed by atoms with Gasteiger partial charge in [-0.1, -0.05) is 48.5 Å². The molecule has 30 heavy (non-hydrogen) atoms. The van der Waals surface area contributed by atoms with Crippen LogP contribution >= 0.6 is 11.3 Å². The molecule has 2 aromatic carbocycles. The first-order chi connectivity index (χ1) is 14.4. The van der Waals surface area contributed by atoms with Crippen molar-refractivity contribution in [3.8, 4) is 0 Å². The largest absolute Gasteiger partial charge is 0.335 e. The zero-order valence-electron chi connectivity index (χ0n) is 17.5. The van der Waals surface area contributed by atoms with E-state index in [1.54, 1.807) is 18.4 Å². The number of anilines is 1. The van der Waals surface area contributed by atoms with E-state index in [2.05, 4.69) is 16.7 Å². The summed E-state index contributed by atoms with van der Waals surface area (Å²) in [5, 5.41) is 8.27. The first-order valence-corrected chi connectivity index (χ1v) is 10.7. The van der Waals surface area contributed by atoms with Crippen molar-refractivity contribution in [1.82, 2.24) is 10.2 Å². The van der Waals surface area contributed by atoms with Crippen LogP contribution in [0.1, 0.15) is 27.6 Å². The van der Waals surface area contributed by atoms with Gasteiger partial charge in [-0.05, 0) is 48.1 Å². The van der Waals surface area contributed by atoms with Gasteiger partial charge in [-0.15, -0.1) is 11.3 Å². The van der Waals surface area contributed by atoms with Crippen LogP contribution in [0.25, 0.3) is 0 Å². The second-order valence-corrected chi connectivity index (χ2v) is 8.34. The van der Waals surface area contributed by atoms with Crippen LogP contribution in [0.4, 0.5) is 5.69 Å². The van der Waals surface area contributed by atoms with Crippen molar-refractivity contribution in [1.29, 1.82) is 0 Å². The van der Waals surface area contributed by atoms with Gasteiger partial charge in [0.2, 0.25) is 11.8 Å². The summed E-state index contributed by atoms with van der Waals surface area (Å²) in [4.78, 5) is 27.6. The van der Waals surface area contributed by atoms with Gasteiger partial charge in [0.05, 0.1) is 19.1 Å². The van der Waals surface area contributed by atoms with Gasteiger partial charge in [0, 0.05) is 17.6 Å². The topological polar surface area (TPSA) is 61.4 Å². The van der Waals surface area contributed by atoms with Crippen molar-refractivity contribution in [2.45, 2.75) is 19.9 Å². The smallest absolute Gasteiger partial charge is 0.243 e. The maximum absolute atomic E-state index is 12.6. The van der Waals surface area contributed by atoms with Gasteiger partial charge in [-0.3, -0.25) is 14.9 Å². The van der Waals surface area contributed by atoms with Crippen molar-refractivity contribution in [2.75, 3.05) is 25.5 Å². The molecule has 3 aromatic rings. The Morgan fingerprint density at radius 2 is 1.80 bits per heavy atom. The molecule has 0 aliphatic rings. The second-order valence-electron chi connectivity index (χ2n) is 7.36. The van der Waals surface area contributed by atoms with Crippen LogP contribution in [-0.4, -0.2) is 36.9 Å². The van der Waals surface area contributed by atoms with Crippen molar-refractivity contribution in [3.05, 3.63) is 87.6 Å². The standard InChI is InChI=1S/C24H27N3O2S/c1-17-11-12-18(2)20(14-17)26-22(28)16-27(3)23(29)15-25-24(21-10-7-13-30-21)19-8-5-4-6-9-19/h4-14,24-25H,15-16H2,1-3H3,(H,26,28)/t24-/m1/s1. The highest BCUT2D eigenvalue weighted by Gasteiger charge is 2.18. The lowest BCUT2D eigenvalue weighted by molar-refractivity contribution is -0.132. The number of carbonyl (C=O) groups is 2. The minimum atomic E-state index is -0.211. The SMILES string of the molecule is Cc1ccc(C)c(NC(=O)CN(C)C(=O)CN[C@H](c2ccccc2)c2cccs2)c1. The Bertz CT molecular complexity index is 987.